The van der Waals surface area contributed by atoms with Crippen molar-refractivity contribution in [3.63, 3.8) is 0 Å². The summed E-state index contributed by atoms with van der Waals surface area (Å²) in [4.78, 5) is 24.4. The molecule has 166 valence electrons. The molecule has 3 aromatic rings. The molecule has 0 heterocycles. The van der Waals surface area contributed by atoms with Crippen LogP contribution in [0.5, 0.6) is 17.2 Å². The highest BCUT2D eigenvalue weighted by Crippen LogP contribution is 2.18. The van der Waals surface area contributed by atoms with Gasteiger partial charge >= 0.3 is 11.9 Å². The van der Waals surface area contributed by atoms with E-state index < -0.39 is 11.9 Å². The molecule has 3 rings (SSSR count). The van der Waals surface area contributed by atoms with Gasteiger partial charge in [0.15, 0.2) is 0 Å². The van der Waals surface area contributed by atoms with Gasteiger partial charge in [-0.05, 0) is 54.6 Å². The lowest BCUT2D eigenvalue weighted by molar-refractivity contribution is 0.0388. The summed E-state index contributed by atoms with van der Waals surface area (Å²) in [5.74, 6) is 0.603. The quantitative estimate of drug-likeness (QED) is 0.254. The Labute approximate surface area is 186 Å². The van der Waals surface area contributed by atoms with Crippen LogP contribution in [0.2, 0.25) is 0 Å². The van der Waals surface area contributed by atoms with Gasteiger partial charge in [0.25, 0.3) is 0 Å². The van der Waals surface area contributed by atoms with Crippen molar-refractivity contribution in [1.82, 2.24) is 0 Å². The van der Waals surface area contributed by atoms with Crippen molar-refractivity contribution in [2.45, 2.75) is 0 Å². The van der Waals surface area contributed by atoms with Gasteiger partial charge < -0.3 is 23.7 Å². The van der Waals surface area contributed by atoms with Crippen LogP contribution in [0.15, 0.2) is 78.9 Å². The van der Waals surface area contributed by atoms with Gasteiger partial charge in [0.2, 0.25) is 0 Å². The summed E-state index contributed by atoms with van der Waals surface area (Å²) in [6, 6.07) is 22.3. The molecule has 0 aliphatic carbocycles. The first-order valence-electron chi connectivity index (χ1n) is 10.0. The molecule has 0 amide bonds. The molecule has 7 heteroatoms. The van der Waals surface area contributed by atoms with Gasteiger partial charge in [0.1, 0.15) is 37.1 Å². The molecule has 0 unspecified atom stereocenters. The maximum atomic E-state index is 12.5. The summed E-state index contributed by atoms with van der Waals surface area (Å²) in [5.41, 5.74) is 0.698. The number of methoxy groups -OCH3 is 1. The van der Waals surface area contributed by atoms with E-state index in [4.69, 9.17) is 23.7 Å². The molecule has 0 bridgehead atoms. The maximum Gasteiger partial charge on any atom is 0.343 e. The number of carbonyl (C=O) groups is 2. The summed E-state index contributed by atoms with van der Waals surface area (Å²) in [7, 11) is 1.53. The van der Waals surface area contributed by atoms with Gasteiger partial charge in [-0.15, -0.1) is 0 Å². The largest absolute Gasteiger partial charge is 0.490 e. The van der Waals surface area contributed by atoms with Gasteiger partial charge in [-0.25, -0.2) is 9.59 Å². The molecular weight excluding hydrogens is 412 g/mol. The first kappa shape index (κ1) is 22.8. The molecule has 0 N–H and O–H groups in total. The van der Waals surface area contributed by atoms with E-state index >= 15 is 0 Å². The highest BCUT2D eigenvalue weighted by Gasteiger charge is 2.12. The van der Waals surface area contributed by atoms with Crippen molar-refractivity contribution in [3.05, 3.63) is 90.0 Å². The summed E-state index contributed by atoms with van der Waals surface area (Å²) >= 11 is 0. The highest BCUT2D eigenvalue weighted by atomic mass is 16.6. The number of para-hydroxylation sites is 1. The maximum absolute atomic E-state index is 12.5. The monoisotopic (exact) mass is 436 g/mol. The lowest BCUT2D eigenvalue weighted by atomic mass is 10.2. The van der Waals surface area contributed by atoms with Crippen LogP contribution >= 0.6 is 0 Å². The minimum Gasteiger partial charge on any atom is -0.490 e. The van der Waals surface area contributed by atoms with E-state index in [-0.39, 0.29) is 6.61 Å². The number of rotatable bonds is 11. The van der Waals surface area contributed by atoms with Crippen LogP contribution in [0.1, 0.15) is 20.7 Å². The standard InChI is InChI=1S/C25H24O7/c1-28-14-15-31-24(26)19-10-12-22(13-11-19)32-25(27)20-6-5-9-23(18-20)30-17-16-29-21-7-3-2-4-8-21/h2-13,18H,14-17H2,1H3. The molecule has 0 aliphatic rings. The predicted molar refractivity (Wildman–Crippen MR) is 117 cm³/mol. The second-order valence-corrected chi connectivity index (χ2v) is 6.58. The molecule has 0 aliphatic heterocycles. The molecular formula is C25H24O7. The number of esters is 2. The number of carbonyl (C=O) groups excluding carboxylic acids is 2. The lowest BCUT2D eigenvalue weighted by Gasteiger charge is -2.10. The minimum atomic E-state index is -0.536. The molecule has 0 atom stereocenters. The Balaban J connectivity index is 1.49. The molecule has 0 aromatic heterocycles. The molecule has 3 aromatic carbocycles. The smallest absolute Gasteiger partial charge is 0.343 e. The zero-order chi connectivity index (χ0) is 22.6. The number of hydrogen-bond donors (Lipinski definition) is 0. The van der Waals surface area contributed by atoms with Crippen LogP contribution < -0.4 is 14.2 Å². The Morgan fingerprint density at radius 1 is 0.625 bits per heavy atom. The van der Waals surface area contributed by atoms with E-state index in [0.29, 0.717) is 42.4 Å². The number of ether oxygens (including phenoxy) is 5. The molecule has 0 saturated heterocycles. The van der Waals surface area contributed by atoms with Crippen molar-refractivity contribution in [3.8, 4) is 17.2 Å². The van der Waals surface area contributed by atoms with Crippen molar-refractivity contribution in [2.75, 3.05) is 33.5 Å². The first-order chi connectivity index (χ1) is 15.7. The van der Waals surface area contributed by atoms with Crippen LogP contribution in [-0.4, -0.2) is 45.5 Å². The number of benzene rings is 3. The normalized spacial score (nSPS) is 10.3. The van der Waals surface area contributed by atoms with Gasteiger partial charge in [-0.2, -0.15) is 0 Å². The third-order valence-corrected chi connectivity index (χ3v) is 4.25. The van der Waals surface area contributed by atoms with Crippen molar-refractivity contribution >= 4 is 11.9 Å². The Hall–Kier alpha value is -3.84. The zero-order valence-electron chi connectivity index (χ0n) is 17.7. The highest BCUT2D eigenvalue weighted by molar-refractivity contribution is 5.92. The van der Waals surface area contributed by atoms with Crippen molar-refractivity contribution in [2.24, 2.45) is 0 Å². The summed E-state index contributed by atoms with van der Waals surface area (Å²) in [5, 5.41) is 0. The summed E-state index contributed by atoms with van der Waals surface area (Å²) < 4.78 is 26.5. The second kappa shape index (κ2) is 12.1. The summed E-state index contributed by atoms with van der Waals surface area (Å²) in [6.45, 7) is 1.20. The molecule has 0 fully saturated rings. The molecule has 32 heavy (non-hydrogen) atoms. The third kappa shape index (κ3) is 7.14. The van der Waals surface area contributed by atoms with Crippen LogP contribution in [0.25, 0.3) is 0 Å². The van der Waals surface area contributed by atoms with Crippen LogP contribution in [-0.2, 0) is 9.47 Å². The molecule has 0 radical (unpaired) electrons. The average molecular weight is 436 g/mol. The van der Waals surface area contributed by atoms with E-state index in [0.717, 1.165) is 5.75 Å². The van der Waals surface area contributed by atoms with E-state index in [1.807, 2.05) is 30.3 Å². The Kier molecular flexibility index (Phi) is 8.65. The number of hydrogen-bond acceptors (Lipinski definition) is 7. The van der Waals surface area contributed by atoms with Crippen LogP contribution in [0.3, 0.4) is 0 Å². The third-order valence-electron chi connectivity index (χ3n) is 4.25. The van der Waals surface area contributed by atoms with Gasteiger partial charge in [-0.1, -0.05) is 24.3 Å². The molecule has 7 nitrogen and oxygen atoms in total. The van der Waals surface area contributed by atoms with E-state index in [1.165, 1.54) is 31.4 Å². The Bertz CT molecular complexity index is 1000. The molecule has 0 spiro atoms. The van der Waals surface area contributed by atoms with Crippen molar-refractivity contribution < 1.29 is 33.3 Å². The van der Waals surface area contributed by atoms with Crippen molar-refractivity contribution in [1.29, 1.82) is 0 Å². The predicted octanol–water partition coefficient (Wildman–Crippen LogP) is 4.17. The van der Waals surface area contributed by atoms with E-state index in [1.54, 1.807) is 24.3 Å². The van der Waals surface area contributed by atoms with Crippen LogP contribution in [0, 0.1) is 0 Å². The molecule has 0 saturated carbocycles. The van der Waals surface area contributed by atoms with E-state index in [2.05, 4.69) is 0 Å². The fourth-order valence-corrected chi connectivity index (χ4v) is 2.67. The minimum absolute atomic E-state index is 0.170. The lowest BCUT2D eigenvalue weighted by Crippen LogP contribution is -2.11. The SMILES string of the molecule is COCCOC(=O)c1ccc(OC(=O)c2cccc(OCCOc3ccccc3)c2)cc1. The summed E-state index contributed by atoms with van der Waals surface area (Å²) in [6.07, 6.45) is 0. The first-order valence-corrected chi connectivity index (χ1v) is 10.0. The zero-order valence-corrected chi connectivity index (χ0v) is 17.7. The Morgan fingerprint density at radius 2 is 1.31 bits per heavy atom. The van der Waals surface area contributed by atoms with Gasteiger partial charge in [0.05, 0.1) is 17.7 Å². The van der Waals surface area contributed by atoms with Gasteiger partial charge in [-0.3, -0.25) is 0 Å². The Morgan fingerprint density at radius 3 is 2.03 bits per heavy atom. The fourth-order valence-electron chi connectivity index (χ4n) is 2.67. The second-order valence-electron chi connectivity index (χ2n) is 6.58. The fraction of sp³-hybridized carbons (Fsp3) is 0.200. The van der Waals surface area contributed by atoms with E-state index in [9.17, 15) is 9.59 Å². The topological polar surface area (TPSA) is 80.3 Å². The van der Waals surface area contributed by atoms with Gasteiger partial charge in [0, 0.05) is 7.11 Å². The average Bonchev–Trinajstić information content (AvgIpc) is 2.83. The van der Waals surface area contributed by atoms with Crippen LogP contribution in [0.4, 0.5) is 0 Å².